The van der Waals surface area contributed by atoms with E-state index in [-0.39, 0.29) is 11.1 Å². The van der Waals surface area contributed by atoms with Crippen molar-refractivity contribution in [1.29, 1.82) is 0 Å². The van der Waals surface area contributed by atoms with Crippen LogP contribution in [-0.4, -0.2) is 50.0 Å². The van der Waals surface area contributed by atoms with Gasteiger partial charge in [-0.1, -0.05) is 63.3 Å². The van der Waals surface area contributed by atoms with Crippen LogP contribution in [0, 0.1) is 5.82 Å². The van der Waals surface area contributed by atoms with E-state index < -0.39 is 54.9 Å². The molecule has 0 amide bonds. The summed E-state index contributed by atoms with van der Waals surface area (Å²) >= 11 is 0. The molecule has 0 N–H and O–H groups in total. The van der Waals surface area contributed by atoms with Gasteiger partial charge in [-0.15, -0.1) is 0 Å². The van der Waals surface area contributed by atoms with Crippen LogP contribution < -0.4 is 9.47 Å². The molecule has 1 atom stereocenters. The van der Waals surface area contributed by atoms with E-state index in [4.69, 9.17) is 14.2 Å². The number of benzene rings is 3. The average molecular weight is 655 g/mol. The molecule has 0 aliphatic heterocycles. The van der Waals surface area contributed by atoms with Crippen LogP contribution >= 0.6 is 0 Å². The standard InChI is InChI=1S/C34H36F6O6/c1-3-4-5-6-7-8-19-44-28-16-13-25(14-17-28)24-9-11-26(12-10-24)31(41)46-30-18-15-27(20-29(30)35)32(42)45-23(2)21-43-22-33(36,37)34(38,39)40/h9-18,20,23H,3-8,19,21-22H2,1-2H3. The highest BCUT2D eigenvalue weighted by Crippen LogP contribution is 2.35. The number of esters is 2. The summed E-state index contributed by atoms with van der Waals surface area (Å²) in [5.74, 6) is -7.76. The molecule has 3 aromatic rings. The molecule has 0 saturated heterocycles. The van der Waals surface area contributed by atoms with E-state index in [9.17, 15) is 35.9 Å². The molecular weight excluding hydrogens is 618 g/mol. The summed E-state index contributed by atoms with van der Waals surface area (Å²) in [5, 5.41) is 0. The summed E-state index contributed by atoms with van der Waals surface area (Å²) < 4.78 is 97.3. The van der Waals surface area contributed by atoms with E-state index in [2.05, 4.69) is 11.7 Å². The molecule has 3 aromatic carbocycles. The molecular formula is C34H36F6O6. The summed E-state index contributed by atoms with van der Waals surface area (Å²) in [6.45, 7) is 1.34. The van der Waals surface area contributed by atoms with Crippen LogP contribution in [0.5, 0.6) is 11.5 Å². The van der Waals surface area contributed by atoms with E-state index >= 15 is 0 Å². The molecule has 46 heavy (non-hydrogen) atoms. The second-order valence-corrected chi connectivity index (χ2v) is 10.7. The van der Waals surface area contributed by atoms with Gasteiger partial charge in [0.25, 0.3) is 0 Å². The van der Waals surface area contributed by atoms with Gasteiger partial charge in [0.05, 0.1) is 24.3 Å². The maximum atomic E-state index is 14.6. The van der Waals surface area contributed by atoms with Crippen molar-refractivity contribution in [3.63, 3.8) is 0 Å². The van der Waals surface area contributed by atoms with Gasteiger partial charge in [0, 0.05) is 0 Å². The SMILES string of the molecule is CCCCCCCCOc1ccc(-c2ccc(C(=O)Oc3ccc(C(=O)OC(C)COCC(F)(F)C(F)(F)F)cc3F)cc2)cc1. The quantitative estimate of drug-likeness (QED) is 0.0626. The number of halogens is 6. The maximum Gasteiger partial charge on any atom is 0.455 e. The Morgan fingerprint density at radius 2 is 1.35 bits per heavy atom. The lowest BCUT2D eigenvalue weighted by Gasteiger charge is -2.20. The van der Waals surface area contributed by atoms with E-state index in [1.54, 1.807) is 12.1 Å². The molecule has 250 valence electrons. The molecule has 6 nitrogen and oxygen atoms in total. The first-order valence-electron chi connectivity index (χ1n) is 14.9. The minimum atomic E-state index is -5.78. The van der Waals surface area contributed by atoms with Crippen LogP contribution in [0.15, 0.2) is 66.7 Å². The number of unbranched alkanes of at least 4 members (excludes halogenated alkanes) is 5. The highest BCUT2D eigenvalue weighted by atomic mass is 19.4. The first kappa shape index (κ1) is 36.4. The van der Waals surface area contributed by atoms with Crippen LogP contribution in [0.25, 0.3) is 11.1 Å². The fraction of sp³-hybridized carbons (Fsp3) is 0.412. The molecule has 0 fully saturated rings. The number of alkyl halides is 5. The molecule has 0 aliphatic rings. The Kier molecular flexibility index (Phi) is 13.5. The van der Waals surface area contributed by atoms with Gasteiger partial charge in [-0.05, 0) is 66.9 Å². The summed E-state index contributed by atoms with van der Waals surface area (Å²) in [6.07, 6.45) is 0.0920. The zero-order chi connectivity index (χ0) is 33.7. The van der Waals surface area contributed by atoms with Crippen molar-refractivity contribution in [2.24, 2.45) is 0 Å². The van der Waals surface area contributed by atoms with Crippen molar-refractivity contribution in [3.05, 3.63) is 83.7 Å². The van der Waals surface area contributed by atoms with Gasteiger partial charge in [-0.2, -0.15) is 22.0 Å². The molecule has 0 heterocycles. The van der Waals surface area contributed by atoms with Gasteiger partial charge in [0.15, 0.2) is 11.6 Å². The van der Waals surface area contributed by atoms with Gasteiger partial charge < -0.3 is 18.9 Å². The second-order valence-electron chi connectivity index (χ2n) is 10.7. The number of ether oxygens (including phenoxy) is 4. The molecule has 1 unspecified atom stereocenters. The number of hydrogen-bond acceptors (Lipinski definition) is 6. The Balaban J connectivity index is 1.48. The van der Waals surface area contributed by atoms with E-state index in [1.165, 1.54) is 44.7 Å². The van der Waals surface area contributed by atoms with Crippen molar-refractivity contribution < 1.29 is 54.9 Å². The maximum absolute atomic E-state index is 14.6. The third kappa shape index (κ3) is 11.1. The Morgan fingerprint density at radius 3 is 1.96 bits per heavy atom. The number of carbonyl (C=O) groups excluding carboxylic acids is 2. The third-order valence-electron chi connectivity index (χ3n) is 6.80. The highest BCUT2D eigenvalue weighted by Gasteiger charge is 2.57. The molecule has 0 aliphatic carbocycles. The van der Waals surface area contributed by atoms with Gasteiger partial charge in [0.1, 0.15) is 18.5 Å². The van der Waals surface area contributed by atoms with Crippen LogP contribution in [0.2, 0.25) is 0 Å². The van der Waals surface area contributed by atoms with Gasteiger partial charge in [0.2, 0.25) is 0 Å². The predicted molar refractivity (Wildman–Crippen MR) is 159 cm³/mol. The van der Waals surface area contributed by atoms with Gasteiger partial charge in [-0.3, -0.25) is 0 Å². The van der Waals surface area contributed by atoms with Crippen molar-refractivity contribution in [3.8, 4) is 22.6 Å². The van der Waals surface area contributed by atoms with E-state index in [0.29, 0.717) is 6.61 Å². The number of rotatable bonds is 17. The van der Waals surface area contributed by atoms with Crippen LogP contribution in [0.1, 0.15) is 73.1 Å². The van der Waals surface area contributed by atoms with Crippen molar-refractivity contribution in [1.82, 2.24) is 0 Å². The smallest absolute Gasteiger partial charge is 0.455 e. The third-order valence-corrected chi connectivity index (χ3v) is 6.80. The Labute approximate surface area is 263 Å². The van der Waals surface area contributed by atoms with Crippen LogP contribution in [0.3, 0.4) is 0 Å². The zero-order valence-corrected chi connectivity index (χ0v) is 25.5. The van der Waals surface area contributed by atoms with Crippen molar-refractivity contribution >= 4 is 11.9 Å². The molecule has 0 bridgehead atoms. The lowest BCUT2D eigenvalue weighted by molar-refractivity contribution is -0.297. The lowest BCUT2D eigenvalue weighted by Crippen LogP contribution is -2.41. The molecule has 3 rings (SSSR count). The Morgan fingerprint density at radius 1 is 0.761 bits per heavy atom. The summed E-state index contributed by atoms with van der Waals surface area (Å²) in [5.41, 5.74) is 1.57. The van der Waals surface area contributed by atoms with Gasteiger partial charge in [-0.25, -0.2) is 14.0 Å². The first-order chi connectivity index (χ1) is 21.8. The fourth-order valence-electron chi connectivity index (χ4n) is 4.20. The highest BCUT2D eigenvalue weighted by molar-refractivity contribution is 5.92. The minimum absolute atomic E-state index is 0.149. The zero-order valence-electron chi connectivity index (χ0n) is 25.5. The topological polar surface area (TPSA) is 71.1 Å². The first-order valence-corrected chi connectivity index (χ1v) is 14.9. The van der Waals surface area contributed by atoms with Gasteiger partial charge >= 0.3 is 24.0 Å². The fourth-order valence-corrected chi connectivity index (χ4v) is 4.20. The van der Waals surface area contributed by atoms with E-state index in [1.807, 2.05) is 24.3 Å². The monoisotopic (exact) mass is 654 g/mol. The lowest BCUT2D eigenvalue weighted by atomic mass is 10.0. The average Bonchev–Trinajstić information content (AvgIpc) is 3.01. The molecule has 0 radical (unpaired) electrons. The van der Waals surface area contributed by atoms with Crippen LogP contribution in [-0.2, 0) is 9.47 Å². The summed E-state index contributed by atoms with van der Waals surface area (Å²) in [6, 6.07) is 16.9. The molecule has 0 saturated carbocycles. The summed E-state index contributed by atoms with van der Waals surface area (Å²) in [4.78, 5) is 24.9. The number of carbonyl (C=O) groups is 2. The molecule has 0 spiro atoms. The van der Waals surface area contributed by atoms with Crippen LogP contribution in [0.4, 0.5) is 26.3 Å². The summed E-state index contributed by atoms with van der Waals surface area (Å²) in [7, 11) is 0. The van der Waals surface area contributed by atoms with Crippen molar-refractivity contribution in [2.45, 2.75) is 70.6 Å². The molecule has 12 heteroatoms. The Bertz CT molecular complexity index is 1410. The van der Waals surface area contributed by atoms with Crippen molar-refractivity contribution in [2.75, 3.05) is 19.8 Å². The number of hydrogen-bond donors (Lipinski definition) is 0. The predicted octanol–water partition coefficient (Wildman–Crippen LogP) is 9.21. The normalized spacial score (nSPS) is 12.4. The minimum Gasteiger partial charge on any atom is -0.494 e. The Hall–Kier alpha value is -4.06. The second kappa shape index (κ2) is 17.0. The largest absolute Gasteiger partial charge is 0.494 e. The molecule has 0 aromatic heterocycles. The van der Waals surface area contributed by atoms with E-state index in [0.717, 1.165) is 47.9 Å².